The first-order valence-corrected chi connectivity index (χ1v) is 7.78. The Balaban J connectivity index is 2.14. The molecule has 0 amide bonds. The van der Waals surface area contributed by atoms with Crippen LogP contribution in [0.3, 0.4) is 0 Å². The summed E-state index contributed by atoms with van der Waals surface area (Å²) in [5.74, 6) is 0.142. The van der Waals surface area contributed by atoms with Gasteiger partial charge in [0.05, 0.1) is 11.1 Å². The Labute approximate surface area is 124 Å². The maximum Gasteiger partial charge on any atom is 0.276 e. The fraction of sp³-hybridized carbons (Fsp3) is 0.133. The van der Waals surface area contributed by atoms with Gasteiger partial charge >= 0.3 is 0 Å². The molecule has 5 nitrogen and oxygen atoms in total. The number of hydrazone groups is 1. The van der Waals surface area contributed by atoms with Gasteiger partial charge in [-0.3, -0.25) is 0 Å². The third-order valence-electron chi connectivity index (χ3n) is 3.07. The van der Waals surface area contributed by atoms with Crippen molar-refractivity contribution in [1.29, 1.82) is 0 Å². The Kier molecular flexibility index (Phi) is 4.28. The first-order chi connectivity index (χ1) is 9.88. The van der Waals surface area contributed by atoms with Crippen LogP contribution in [0.4, 0.5) is 0 Å². The lowest BCUT2D eigenvalue weighted by Gasteiger charge is -2.06. The summed E-state index contributed by atoms with van der Waals surface area (Å²) in [4.78, 5) is 2.34. The quantitative estimate of drug-likeness (QED) is 0.672. The molecule has 110 valence electrons. The van der Waals surface area contributed by atoms with Gasteiger partial charge in [0.25, 0.3) is 10.0 Å². The normalized spacial score (nSPS) is 11.7. The molecule has 2 rings (SSSR count). The van der Waals surface area contributed by atoms with Gasteiger partial charge in [-0.25, -0.2) is 4.83 Å². The number of aromatic hydroxyl groups is 1. The number of phenolic OH excluding ortho intramolecular Hbond substituents is 1. The molecule has 0 aliphatic heterocycles. The number of hydrogen-bond acceptors (Lipinski definition) is 4. The van der Waals surface area contributed by atoms with Crippen molar-refractivity contribution >= 4 is 16.2 Å². The minimum atomic E-state index is -3.68. The number of hydrogen-bond donors (Lipinski definition) is 2. The minimum Gasteiger partial charge on any atom is -0.508 e. The van der Waals surface area contributed by atoms with Crippen LogP contribution in [0.5, 0.6) is 5.75 Å². The second-order valence-corrected chi connectivity index (χ2v) is 6.35. The van der Waals surface area contributed by atoms with Gasteiger partial charge < -0.3 is 5.11 Å². The van der Waals surface area contributed by atoms with Gasteiger partial charge in [0.1, 0.15) is 5.75 Å². The van der Waals surface area contributed by atoms with Gasteiger partial charge in [0, 0.05) is 0 Å². The van der Waals surface area contributed by atoms with Crippen molar-refractivity contribution in [2.45, 2.75) is 18.7 Å². The van der Waals surface area contributed by atoms with Crippen molar-refractivity contribution in [1.82, 2.24) is 4.83 Å². The fourth-order valence-electron chi connectivity index (χ4n) is 1.66. The first-order valence-electron chi connectivity index (χ1n) is 6.30. The van der Waals surface area contributed by atoms with E-state index in [2.05, 4.69) is 9.93 Å². The van der Waals surface area contributed by atoms with Crippen LogP contribution in [0.1, 0.15) is 16.7 Å². The van der Waals surface area contributed by atoms with Gasteiger partial charge in [-0.1, -0.05) is 6.07 Å². The molecule has 2 N–H and O–H groups in total. The van der Waals surface area contributed by atoms with Gasteiger partial charge in [0.15, 0.2) is 0 Å². The third-order valence-corrected chi connectivity index (χ3v) is 4.29. The molecule has 0 heterocycles. The number of nitrogens with one attached hydrogen (secondary N) is 1. The van der Waals surface area contributed by atoms with E-state index in [9.17, 15) is 8.42 Å². The summed E-state index contributed by atoms with van der Waals surface area (Å²) in [6, 6.07) is 11.2. The molecular weight excluding hydrogens is 288 g/mol. The van der Waals surface area contributed by atoms with E-state index in [0.717, 1.165) is 11.1 Å². The summed E-state index contributed by atoms with van der Waals surface area (Å²) >= 11 is 0. The summed E-state index contributed by atoms with van der Waals surface area (Å²) in [6.45, 7) is 3.77. The summed E-state index contributed by atoms with van der Waals surface area (Å²) < 4.78 is 24.2. The number of rotatable bonds is 4. The summed E-state index contributed by atoms with van der Waals surface area (Å²) in [7, 11) is -3.68. The van der Waals surface area contributed by atoms with Crippen molar-refractivity contribution < 1.29 is 13.5 Å². The van der Waals surface area contributed by atoms with Crippen molar-refractivity contribution in [3.8, 4) is 5.75 Å². The third kappa shape index (κ3) is 3.82. The molecule has 0 aliphatic rings. The highest BCUT2D eigenvalue weighted by atomic mass is 32.2. The number of sulfonamides is 1. The number of nitrogens with zero attached hydrogens (tertiary/aromatic N) is 1. The fourth-order valence-corrected chi connectivity index (χ4v) is 2.54. The molecule has 0 saturated carbocycles. The van der Waals surface area contributed by atoms with Crippen LogP contribution in [0, 0.1) is 13.8 Å². The molecule has 0 saturated heterocycles. The van der Waals surface area contributed by atoms with E-state index in [1.165, 1.54) is 18.3 Å². The second kappa shape index (κ2) is 5.97. The lowest BCUT2D eigenvalue weighted by atomic mass is 10.1. The Morgan fingerprint density at radius 3 is 2.33 bits per heavy atom. The van der Waals surface area contributed by atoms with Crippen LogP contribution in [-0.4, -0.2) is 19.7 Å². The smallest absolute Gasteiger partial charge is 0.276 e. The monoisotopic (exact) mass is 304 g/mol. The molecule has 0 atom stereocenters. The summed E-state index contributed by atoms with van der Waals surface area (Å²) in [5.41, 5.74) is 2.61. The molecule has 0 fully saturated rings. The van der Waals surface area contributed by atoms with Crippen LogP contribution in [-0.2, 0) is 10.0 Å². The molecule has 0 aliphatic carbocycles. The molecule has 2 aromatic carbocycles. The Hall–Kier alpha value is -2.34. The largest absolute Gasteiger partial charge is 0.508 e. The predicted molar refractivity (Wildman–Crippen MR) is 81.9 cm³/mol. The van der Waals surface area contributed by atoms with E-state index >= 15 is 0 Å². The van der Waals surface area contributed by atoms with Gasteiger partial charge in [0.2, 0.25) is 0 Å². The number of phenols is 1. The van der Waals surface area contributed by atoms with Gasteiger partial charge in [-0.2, -0.15) is 13.5 Å². The van der Waals surface area contributed by atoms with E-state index in [0.29, 0.717) is 5.56 Å². The van der Waals surface area contributed by atoms with Gasteiger partial charge in [-0.15, -0.1) is 0 Å². The van der Waals surface area contributed by atoms with Gasteiger partial charge in [-0.05, 0) is 66.9 Å². The van der Waals surface area contributed by atoms with Crippen molar-refractivity contribution in [3.63, 3.8) is 0 Å². The zero-order chi connectivity index (χ0) is 15.5. The standard InChI is InChI=1S/C15H16N2O3S/c1-11-3-8-15(9-12(11)2)21(19,20)17-16-10-13-4-6-14(18)7-5-13/h3-10,17-18H,1-2H3/b16-10+. The Bertz CT molecular complexity index is 766. The van der Waals surface area contributed by atoms with Crippen molar-refractivity contribution in [2.75, 3.05) is 0 Å². The predicted octanol–water partition coefficient (Wildman–Crippen LogP) is 2.32. The van der Waals surface area contributed by atoms with Crippen molar-refractivity contribution in [2.24, 2.45) is 5.10 Å². The Morgan fingerprint density at radius 1 is 1.05 bits per heavy atom. The maximum atomic E-state index is 12.1. The molecule has 0 aromatic heterocycles. The van der Waals surface area contributed by atoms with E-state index in [1.54, 1.807) is 30.3 Å². The molecule has 0 bridgehead atoms. The molecule has 6 heteroatoms. The zero-order valence-corrected chi connectivity index (χ0v) is 12.6. The van der Waals surface area contributed by atoms with Crippen LogP contribution < -0.4 is 4.83 Å². The van der Waals surface area contributed by atoms with Crippen LogP contribution in [0.15, 0.2) is 52.5 Å². The molecule has 0 radical (unpaired) electrons. The topological polar surface area (TPSA) is 78.8 Å². The minimum absolute atomic E-state index is 0.142. The highest BCUT2D eigenvalue weighted by Gasteiger charge is 2.13. The zero-order valence-electron chi connectivity index (χ0n) is 11.7. The molecule has 0 spiro atoms. The first kappa shape index (κ1) is 15.1. The maximum absolute atomic E-state index is 12.1. The highest BCUT2D eigenvalue weighted by Crippen LogP contribution is 2.14. The highest BCUT2D eigenvalue weighted by molar-refractivity contribution is 7.89. The van der Waals surface area contributed by atoms with Crippen LogP contribution in [0.25, 0.3) is 0 Å². The van der Waals surface area contributed by atoms with E-state index < -0.39 is 10.0 Å². The van der Waals surface area contributed by atoms with E-state index in [1.807, 2.05) is 13.8 Å². The van der Waals surface area contributed by atoms with Crippen LogP contribution >= 0.6 is 0 Å². The number of benzene rings is 2. The lowest BCUT2D eigenvalue weighted by molar-refractivity contribution is 0.475. The molecular formula is C15H16N2O3S. The summed E-state index contributed by atoms with van der Waals surface area (Å²) in [6.07, 6.45) is 1.37. The Morgan fingerprint density at radius 2 is 1.71 bits per heavy atom. The lowest BCUT2D eigenvalue weighted by Crippen LogP contribution is -2.18. The van der Waals surface area contributed by atoms with Crippen molar-refractivity contribution in [3.05, 3.63) is 59.2 Å². The molecule has 21 heavy (non-hydrogen) atoms. The molecule has 2 aromatic rings. The second-order valence-electron chi connectivity index (χ2n) is 4.69. The van der Waals surface area contributed by atoms with E-state index in [4.69, 9.17) is 5.11 Å². The SMILES string of the molecule is Cc1ccc(S(=O)(=O)N/N=C/c2ccc(O)cc2)cc1C. The summed E-state index contributed by atoms with van der Waals surface area (Å²) in [5, 5.41) is 12.9. The number of aryl methyl sites for hydroxylation is 2. The average molecular weight is 304 g/mol. The molecule has 0 unspecified atom stereocenters. The van der Waals surface area contributed by atoms with Crippen LogP contribution in [0.2, 0.25) is 0 Å². The average Bonchev–Trinajstić information content (AvgIpc) is 2.44. The van der Waals surface area contributed by atoms with E-state index in [-0.39, 0.29) is 10.6 Å².